The van der Waals surface area contributed by atoms with Crippen molar-refractivity contribution in [2.45, 2.75) is 51.7 Å². The van der Waals surface area contributed by atoms with Gasteiger partial charge in [0.25, 0.3) is 0 Å². The number of hydrogen-bond acceptors (Lipinski definition) is 1. The molecule has 0 aromatic rings. The molecular formula is C10H20FN. The number of nitrogens with one attached hydrogen (secondary N) is 1. The van der Waals surface area contributed by atoms with E-state index >= 15 is 0 Å². The van der Waals surface area contributed by atoms with Crippen molar-refractivity contribution < 1.29 is 4.39 Å². The predicted molar refractivity (Wildman–Crippen MR) is 50.0 cm³/mol. The lowest BCUT2D eigenvalue weighted by molar-refractivity contribution is 0.0769. The molecule has 2 heteroatoms. The number of piperidine rings is 1. The molecule has 1 nitrogen and oxygen atoms in total. The second-order valence-corrected chi connectivity index (χ2v) is 4.52. The van der Waals surface area contributed by atoms with Crippen LogP contribution in [-0.2, 0) is 0 Å². The minimum Gasteiger partial charge on any atom is -0.311 e. The van der Waals surface area contributed by atoms with Crippen molar-refractivity contribution >= 4 is 0 Å². The highest BCUT2D eigenvalue weighted by molar-refractivity contribution is 4.92. The molecule has 0 radical (unpaired) electrons. The second kappa shape index (κ2) is 3.73. The van der Waals surface area contributed by atoms with Crippen LogP contribution in [0, 0.1) is 5.92 Å². The van der Waals surface area contributed by atoms with Crippen LogP contribution < -0.4 is 5.32 Å². The lowest BCUT2D eigenvalue weighted by Crippen LogP contribution is -2.50. The number of halogens is 1. The summed E-state index contributed by atoms with van der Waals surface area (Å²) in [4.78, 5) is 0. The topological polar surface area (TPSA) is 12.0 Å². The van der Waals surface area contributed by atoms with Gasteiger partial charge in [0, 0.05) is 6.04 Å². The minimum atomic E-state index is -0.984. The molecule has 72 valence electrons. The molecule has 1 saturated heterocycles. The smallest absolute Gasteiger partial charge is 0.123 e. The Morgan fingerprint density at radius 1 is 1.58 bits per heavy atom. The molecule has 0 bridgehead atoms. The summed E-state index contributed by atoms with van der Waals surface area (Å²) in [6.07, 6.45) is 2.64. The molecule has 1 aliphatic heterocycles. The first kappa shape index (κ1) is 9.97. The summed E-state index contributed by atoms with van der Waals surface area (Å²) in [6.45, 7) is 7.00. The standard InChI is InChI=1S/C10H20FN/c1-8(2)7-9-10(3,11)5-4-6-12-9/h8-9,12H,4-7H2,1-3H3. The van der Waals surface area contributed by atoms with Gasteiger partial charge < -0.3 is 5.32 Å². The lowest BCUT2D eigenvalue weighted by atomic mass is 9.85. The molecule has 2 unspecified atom stereocenters. The fourth-order valence-corrected chi connectivity index (χ4v) is 1.90. The Hall–Kier alpha value is -0.110. The van der Waals surface area contributed by atoms with Crippen LogP contribution in [-0.4, -0.2) is 18.3 Å². The normalized spacial score (nSPS) is 37.2. The SMILES string of the molecule is CC(C)CC1NCCCC1(C)F. The predicted octanol–water partition coefficient (Wildman–Crippen LogP) is 2.51. The zero-order valence-corrected chi connectivity index (χ0v) is 8.36. The van der Waals surface area contributed by atoms with Crippen LogP contribution in [0.15, 0.2) is 0 Å². The summed E-state index contributed by atoms with van der Waals surface area (Å²) in [5.41, 5.74) is -0.984. The highest BCUT2D eigenvalue weighted by Crippen LogP contribution is 2.29. The van der Waals surface area contributed by atoms with Gasteiger partial charge in [-0.3, -0.25) is 0 Å². The Morgan fingerprint density at radius 2 is 2.25 bits per heavy atom. The molecule has 0 aliphatic carbocycles. The first-order valence-electron chi connectivity index (χ1n) is 4.94. The number of alkyl halides is 1. The van der Waals surface area contributed by atoms with Crippen molar-refractivity contribution in [3.63, 3.8) is 0 Å². The quantitative estimate of drug-likeness (QED) is 0.676. The third kappa shape index (κ3) is 2.44. The van der Waals surface area contributed by atoms with Crippen molar-refractivity contribution in [2.75, 3.05) is 6.54 Å². The van der Waals surface area contributed by atoms with E-state index in [1.54, 1.807) is 6.92 Å². The average Bonchev–Trinajstić information content (AvgIpc) is 1.92. The van der Waals surface area contributed by atoms with Crippen molar-refractivity contribution in [1.29, 1.82) is 0 Å². The molecular weight excluding hydrogens is 153 g/mol. The van der Waals surface area contributed by atoms with Crippen LogP contribution in [0.1, 0.15) is 40.0 Å². The van der Waals surface area contributed by atoms with Gasteiger partial charge in [-0.1, -0.05) is 13.8 Å². The maximum absolute atomic E-state index is 13.8. The highest BCUT2D eigenvalue weighted by atomic mass is 19.1. The Balaban J connectivity index is 2.48. The summed E-state index contributed by atoms with van der Waals surface area (Å²) in [5, 5.41) is 3.27. The molecule has 0 saturated carbocycles. The third-order valence-electron chi connectivity index (χ3n) is 2.67. The summed E-state index contributed by atoms with van der Waals surface area (Å²) in [6, 6.07) is 0.0752. The Kier molecular flexibility index (Phi) is 3.10. The number of hydrogen-bond donors (Lipinski definition) is 1. The van der Waals surface area contributed by atoms with E-state index in [4.69, 9.17) is 0 Å². The second-order valence-electron chi connectivity index (χ2n) is 4.52. The Bertz CT molecular complexity index is 143. The molecule has 0 spiro atoms. The Morgan fingerprint density at radius 3 is 2.75 bits per heavy atom. The van der Waals surface area contributed by atoms with Crippen LogP contribution in [0.5, 0.6) is 0 Å². The van der Waals surface area contributed by atoms with Gasteiger partial charge >= 0.3 is 0 Å². The maximum Gasteiger partial charge on any atom is 0.123 e. The molecule has 1 rings (SSSR count). The van der Waals surface area contributed by atoms with Gasteiger partial charge in [0.1, 0.15) is 5.67 Å². The van der Waals surface area contributed by atoms with Crippen LogP contribution in [0.25, 0.3) is 0 Å². The largest absolute Gasteiger partial charge is 0.311 e. The highest BCUT2D eigenvalue weighted by Gasteiger charge is 2.36. The first-order chi connectivity index (χ1) is 5.52. The fraction of sp³-hybridized carbons (Fsp3) is 1.00. The monoisotopic (exact) mass is 173 g/mol. The van der Waals surface area contributed by atoms with Gasteiger partial charge in [-0.25, -0.2) is 4.39 Å². The lowest BCUT2D eigenvalue weighted by Gasteiger charge is -2.36. The molecule has 0 aromatic carbocycles. The molecule has 1 aliphatic rings. The molecule has 1 N–H and O–H groups in total. The van der Waals surface area contributed by atoms with E-state index in [2.05, 4.69) is 19.2 Å². The molecule has 2 atom stereocenters. The van der Waals surface area contributed by atoms with E-state index in [9.17, 15) is 4.39 Å². The zero-order valence-electron chi connectivity index (χ0n) is 8.36. The van der Waals surface area contributed by atoms with E-state index in [0.29, 0.717) is 5.92 Å². The van der Waals surface area contributed by atoms with Crippen LogP contribution in [0.3, 0.4) is 0 Å². The summed E-state index contributed by atoms with van der Waals surface area (Å²) in [5.74, 6) is 0.579. The van der Waals surface area contributed by atoms with Crippen molar-refractivity contribution in [3.8, 4) is 0 Å². The van der Waals surface area contributed by atoms with Crippen molar-refractivity contribution in [2.24, 2.45) is 5.92 Å². The summed E-state index contributed by atoms with van der Waals surface area (Å²) >= 11 is 0. The third-order valence-corrected chi connectivity index (χ3v) is 2.67. The van der Waals surface area contributed by atoms with Crippen LogP contribution in [0.2, 0.25) is 0 Å². The zero-order chi connectivity index (χ0) is 9.19. The fourth-order valence-electron chi connectivity index (χ4n) is 1.90. The van der Waals surface area contributed by atoms with Gasteiger partial charge in [-0.2, -0.15) is 0 Å². The van der Waals surface area contributed by atoms with Gasteiger partial charge in [-0.05, 0) is 38.6 Å². The van der Waals surface area contributed by atoms with E-state index in [1.165, 1.54) is 0 Å². The molecule has 1 fully saturated rings. The van der Waals surface area contributed by atoms with Crippen LogP contribution in [0.4, 0.5) is 4.39 Å². The van der Waals surface area contributed by atoms with E-state index < -0.39 is 5.67 Å². The maximum atomic E-state index is 13.8. The minimum absolute atomic E-state index is 0.0752. The van der Waals surface area contributed by atoms with Gasteiger partial charge in [0.15, 0.2) is 0 Å². The Labute approximate surface area is 74.7 Å². The van der Waals surface area contributed by atoms with E-state index in [0.717, 1.165) is 25.8 Å². The van der Waals surface area contributed by atoms with Gasteiger partial charge in [0.05, 0.1) is 0 Å². The van der Waals surface area contributed by atoms with Crippen LogP contribution >= 0.6 is 0 Å². The molecule has 12 heavy (non-hydrogen) atoms. The summed E-state index contributed by atoms with van der Waals surface area (Å²) in [7, 11) is 0. The first-order valence-corrected chi connectivity index (χ1v) is 4.94. The summed E-state index contributed by atoms with van der Waals surface area (Å²) < 4.78 is 13.8. The van der Waals surface area contributed by atoms with Crippen molar-refractivity contribution in [3.05, 3.63) is 0 Å². The van der Waals surface area contributed by atoms with Gasteiger partial charge in [-0.15, -0.1) is 0 Å². The van der Waals surface area contributed by atoms with E-state index in [-0.39, 0.29) is 6.04 Å². The molecule has 0 aromatic heterocycles. The van der Waals surface area contributed by atoms with Crippen molar-refractivity contribution in [1.82, 2.24) is 5.32 Å². The average molecular weight is 173 g/mol. The van der Waals surface area contributed by atoms with Gasteiger partial charge in [0.2, 0.25) is 0 Å². The molecule has 0 amide bonds. The number of rotatable bonds is 2. The van der Waals surface area contributed by atoms with E-state index in [1.807, 2.05) is 0 Å². The molecule has 1 heterocycles.